The highest BCUT2D eigenvalue weighted by molar-refractivity contribution is 8.00. The first-order valence-corrected chi connectivity index (χ1v) is 7.76. The second kappa shape index (κ2) is 5.00. The summed E-state index contributed by atoms with van der Waals surface area (Å²) in [7, 11) is 0. The van der Waals surface area contributed by atoms with Crippen LogP contribution in [0, 0.1) is 6.92 Å². The van der Waals surface area contributed by atoms with Gasteiger partial charge in [-0.25, -0.2) is 0 Å². The lowest BCUT2D eigenvalue weighted by Gasteiger charge is -2.23. The van der Waals surface area contributed by atoms with Gasteiger partial charge in [0.25, 0.3) is 0 Å². The van der Waals surface area contributed by atoms with Crippen LogP contribution in [0.15, 0.2) is 24.3 Å². The average Bonchev–Trinajstić information content (AvgIpc) is 2.86. The number of nitrogens with zero attached hydrogens (tertiary/aromatic N) is 2. The minimum atomic E-state index is 0.341. The monoisotopic (exact) mass is 273 g/mol. The third-order valence-electron chi connectivity index (χ3n) is 3.80. The van der Waals surface area contributed by atoms with E-state index in [9.17, 15) is 0 Å². The lowest BCUT2D eigenvalue weighted by atomic mass is 10.1. The van der Waals surface area contributed by atoms with E-state index in [1.54, 1.807) is 0 Å². The van der Waals surface area contributed by atoms with Gasteiger partial charge in [0.05, 0.1) is 5.69 Å². The van der Waals surface area contributed by atoms with E-state index in [4.69, 9.17) is 0 Å². The molecule has 1 atom stereocenters. The zero-order chi connectivity index (χ0) is 13.3. The Morgan fingerprint density at radius 3 is 2.79 bits per heavy atom. The number of rotatable bonds is 3. The summed E-state index contributed by atoms with van der Waals surface area (Å²) in [4.78, 5) is 0. The van der Waals surface area contributed by atoms with Crippen molar-refractivity contribution in [2.75, 3.05) is 17.6 Å². The van der Waals surface area contributed by atoms with Gasteiger partial charge in [0.15, 0.2) is 5.82 Å². The van der Waals surface area contributed by atoms with Crippen molar-refractivity contribution in [3.63, 3.8) is 0 Å². The van der Waals surface area contributed by atoms with Crippen LogP contribution >= 0.6 is 11.8 Å². The highest BCUT2D eigenvalue weighted by atomic mass is 32.2. The molecule has 1 unspecified atom stereocenters. The van der Waals surface area contributed by atoms with Gasteiger partial charge in [-0.05, 0) is 32.4 Å². The minimum Gasteiger partial charge on any atom is -0.367 e. The largest absolute Gasteiger partial charge is 0.367 e. The summed E-state index contributed by atoms with van der Waals surface area (Å²) in [5, 5.41) is 14.4. The van der Waals surface area contributed by atoms with Gasteiger partial charge in [0.2, 0.25) is 0 Å². The van der Waals surface area contributed by atoms with E-state index >= 15 is 0 Å². The van der Waals surface area contributed by atoms with Gasteiger partial charge in [-0.1, -0.05) is 24.3 Å². The molecule has 1 aliphatic rings. The molecule has 0 amide bonds. The molecule has 1 aliphatic heterocycles. The summed E-state index contributed by atoms with van der Waals surface area (Å²) in [5.41, 5.74) is 0.989. The van der Waals surface area contributed by atoms with E-state index in [0.717, 1.165) is 18.1 Å². The van der Waals surface area contributed by atoms with E-state index in [1.165, 1.54) is 29.4 Å². The first kappa shape index (κ1) is 12.7. The van der Waals surface area contributed by atoms with Gasteiger partial charge < -0.3 is 5.32 Å². The van der Waals surface area contributed by atoms with Crippen LogP contribution < -0.4 is 5.32 Å². The van der Waals surface area contributed by atoms with E-state index < -0.39 is 0 Å². The molecule has 1 fully saturated rings. The Balaban J connectivity index is 1.87. The second-order valence-corrected chi connectivity index (χ2v) is 7.12. The van der Waals surface area contributed by atoms with Crippen LogP contribution in [0.5, 0.6) is 0 Å². The smallest absolute Gasteiger partial charge is 0.156 e. The molecule has 3 rings (SSSR count). The SMILES string of the molecule is Cc1nnc(NCC2(C)CCCS2)c2ccccc12. The van der Waals surface area contributed by atoms with Crippen molar-refractivity contribution >= 4 is 28.4 Å². The van der Waals surface area contributed by atoms with Gasteiger partial charge >= 0.3 is 0 Å². The van der Waals surface area contributed by atoms with E-state index in [2.05, 4.69) is 58.5 Å². The fraction of sp³-hybridized carbons (Fsp3) is 0.467. The average molecular weight is 273 g/mol. The molecule has 1 N–H and O–H groups in total. The van der Waals surface area contributed by atoms with Crippen LogP contribution in [-0.2, 0) is 0 Å². The van der Waals surface area contributed by atoms with Crippen LogP contribution in [-0.4, -0.2) is 27.2 Å². The Hall–Kier alpha value is -1.29. The number of thioether (sulfide) groups is 1. The Kier molecular flexibility index (Phi) is 3.35. The summed E-state index contributed by atoms with van der Waals surface area (Å²) < 4.78 is 0.341. The molecule has 2 heterocycles. The third-order valence-corrected chi connectivity index (χ3v) is 5.34. The molecule has 0 bridgehead atoms. The zero-order valence-electron chi connectivity index (χ0n) is 11.4. The highest BCUT2D eigenvalue weighted by Gasteiger charge is 2.29. The summed E-state index contributed by atoms with van der Waals surface area (Å²) >= 11 is 2.06. The number of hydrogen-bond donors (Lipinski definition) is 1. The molecule has 2 aromatic rings. The van der Waals surface area contributed by atoms with Crippen molar-refractivity contribution in [2.45, 2.75) is 31.4 Å². The number of hydrogen-bond acceptors (Lipinski definition) is 4. The quantitative estimate of drug-likeness (QED) is 0.926. The van der Waals surface area contributed by atoms with Crippen molar-refractivity contribution in [2.24, 2.45) is 0 Å². The van der Waals surface area contributed by atoms with Gasteiger partial charge in [-0.2, -0.15) is 16.9 Å². The molecule has 19 heavy (non-hydrogen) atoms. The number of fused-ring (bicyclic) bond motifs is 1. The zero-order valence-corrected chi connectivity index (χ0v) is 12.3. The van der Waals surface area contributed by atoms with Crippen molar-refractivity contribution < 1.29 is 0 Å². The molecular formula is C15H19N3S. The lowest BCUT2D eigenvalue weighted by Crippen LogP contribution is -2.27. The molecule has 1 aromatic carbocycles. The third kappa shape index (κ3) is 2.54. The Labute approximate surface area is 118 Å². The van der Waals surface area contributed by atoms with Crippen LogP contribution in [0.1, 0.15) is 25.5 Å². The van der Waals surface area contributed by atoms with Gasteiger partial charge in [-0.3, -0.25) is 0 Å². The maximum absolute atomic E-state index is 4.33. The molecule has 0 radical (unpaired) electrons. The fourth-order valence-electron chi connectivity index (χ4n) is 2.62. The first-order chi connectivity index (χ1) is 9.18. The minimum absolute atomic E-state index is 0.341. The Bertz CT molecular complexity index is 591. The lowest BCUT2D eigenvalue weighted by molar-refractivity contribution is 0.633. The molecule has 0 saturated carbocycles. The topological polar surface area (TPSA) is 37.8 Å². The number of aromatic nitrogens is 2. The van der Waals surface area contributed by atoms with Gasteiger partial charge in [-0.15, -0.1) is 5.10 Å². The Morgan fingerprint density at radius 1 is 1.26 bits per heavy atom. The number of anilines is 1. The van der Waals surface area contributed by atoms with E-state index in [1.807, 2.05) is 6.92 Å². The summed E-state index contributed by atoms with van der Waals surface area (Å²) in [5.74, 6) is 2.19. The van der Waals surface area contributed by atoms with Gasteiger partial charge in [0.1, 0.15) is 0 Å². The molecule has 0 spiro atoms. The standard InChI is InChI=1S/C15H19N3S/c1-11-12-6-3-4-7-13(12)14(18-17-11)16-10-15(2)8-5-9-19-15/h3-4,6-7H,5,8-10H2,1-2H3,(H,16,18). The molecule has 1 saturated heterocycles. The predicted octanol–water partition coefficient (Wildman–Crippen LogP) is 3.64. The maximum atomic E-state index is 4.33. The van der Waals surface area contributed by atoms with Crippen molar-refractivity contribution in [1.29, 1.82) is 0 Å². The number of nitrogens with one attached hydrogen (secondary N) is 1. The predicted molar refractivity (Wildman–Crippen MR) is 82.9 cm³/mol. The Morgan fingerprint density at radius 2 is 2.05 bits per heavy atom. The summed E-state index contributed by atoms with van der Waals surface area (Å²) in [6, 6.07) is 8.33. The molecule has 100 valence electrons. The molecule has 0 aliphatic carbocycles. The summed E-state index contributed by atoms with van der Waals surface area (Å²) in [6.45, 7) is 5.30. The number of aryl methyl sites for hydroxylation is 1. The number of benzene rings is 1. The maximum Gasteiger partial charge on any atom is 0.156 e. The van der Waals surface area contributed by atoms with Crippen LogP contribution in [0.3, 0.4) is 0 Å². The second-order valence-electron chi connectivity index (χ2n) is 5.44. The highest BCUT2D eigenvalue weighted by Crippen LogP contribution is 2.37. The van der Waals surface area contributed by atoms with Crippen LogP contribution in [0.4, 0.5) is 5.82 Å². The van der Waals surface area contributed by atoms with E-state index in [0.29, 0.717) is 4.75 Å². The first-order valence-electron chi connectivity index (χ1n) is 6.78. The van der Waals surface area contributed by atoms with E-state index in [-0.39, 0.29) is 0 Å². The van der Waals surface area contributed by atoms with Crippen molar-refractivity contribution in [3.8, 4) is 0 Å². The van der Waals surface area contributed by atoms with Crippen molar-refractivity contribution in [3.05, 3.63) is 30.0 Å². The van der Waals surface area contributed by atoms with Gasteiger partial charge in [0, 0.05) is 22.1 Å². The molecule has 3 nitrogen and oxygen atoms in total. The molecule has 1 aromatic heterocycles. The normalized spacial score (nSPS) is 22.8. The fourth-order valence-corrected chi connectivity index (χ4v) is 3.86. The van der Waals surface area contributed by atoms with Crippen LogP contribution in [0.2, 0.25) is 0 Å². The molecule has 4 heteroatoms. The molecular weight excluding hydrogens is 254 g/mol. The summed E-state index contributed by atoms with van der Waals surface area (Å²) in [6.07, 6.45) is 2.60. The van der Waals surface area contributed by atoms with Crippen LogP contribution in [0.25, 0.3) is 10.8 Å². The van der Waals surface area contributed by atoms with Crippen molar-refractivity contribution in [1.82, 2.24) is 10.2 Å².